The highest BCUT2D eigenvalue weighted by atomic mass is 14.7. The monoisotopic (exact) mass is 431 g/mol. The Morgan fingerprint density at radius 2 is 1.50 bits per heavy atom. The van der Waals surface area contributed by atoms with Gasteiger partial charge >= 0.3 is 0 Å². The molecular formula is C31H45N. The number of nitrogens with zero attached hydrogens (tertiary/aromatic N) is 1. The molecule has 1 fully saturated rings. The van der Waals surface area contributed by atoms with E-state index in [1.807, 2.05) is 0 Å². The normalized spacial score (nSPS) is 18.9. The molecule has 0 unspecified atom stereocenters. The smallest absolute Gasteiger partial charge is 0.0702 e. The Morgan fingerprint density at radius 1 is 0.781 bits per heavy atom. The highest BCUT2D eigenvalue weighted by molar-refractivity contribution is 5.59. The fourth-order valence-corrected chi connectivity index (χ4v) is 5.06. The molecule has 0 amide bonds. The molecule has 174 valence electrons. The molecule has 1 aliphatic carbocycles. The number of hydrogen-bond acceptors (Lipinski definition) is 1. The van der Waals surface area contributed by atoms with E-state index in [0.29, 0.717) is 0 Å². The number of hydrogen-bond donors (Lipinski definition) is 0. The largest absolute Gasteiger partial charge is 0.256 e. The lowest BCUT2D eigenvalue weighted by atomic mass is 9.79. The summed E-state index contributed by atoms with van der Waals surface area (Å²) in [6.45, 7) is 4.56. The van der Waals surface area contributed by atoms with E-state index in [-0.39, 0.29) is 0 Å². The Morgan fingerprint density at radius 3 is 2.19 bits per heavy atom. The number of unbranched alkanes of at least 4 members (excludes halogenated alkanes) is 4. The summed E-state index contributed by atoms with van der Waals surface area (Å²) in [6.07, 6.45) is 25.7. The zero-order valence-corrected chi connectivity index (χ0v) is 20.7. The molecule has 1 heterocycles. The van der Waals surface area contributed by atoms with E-state index in [4.69, 9.17) is 4.98 Å². The Kier molecular flexibility index (Phi) is 11.1. The molecule has 1 heteroatoms. The molecule has 0 radical (unpaired) electrons. The van der Waals surface area contributed by atoms with Gasteiger partial charge in [-0.1, -0.05) is 94.9 Å². The second kappa shape index (κ2) is 14.3. The first-order chi connectivity index (χ1) is 15.8. The fraction of sp³-hybridized carbons (Fsp3) is 0.581. The molecule has 0 bridgehead atoms. The van der Waals surface area contributed by atoms with E-state index in [1.165, 1.54) is 87.3 Å². The van der Waals surface area contributed by atoms with Gasteiger partial charge in [0.05, 0.1) is 5.69 Å². The van der Waals surface area contributed by atoms with Crippen molar-refractivity contribution in [2.45, 2.75) is 104 Å². The van der Waals surface area contributed by atoms with Gasteiger partial charge in [0.2, 0.25) is 0 Å². The molecule has 0 spiro atoms. The van der Waals surface area contributed by atoms with Crippen molar-refractivity contribution in [1.82, 2.24) is 4.98 Å². The Labute approximate surface area is 197 Å². The molecule has 0 N–H and O–H groups in total. The van der Waals surface area contributed by atoms with Gasteiger partial charge in [0, 0.05) is 11.8 Å². The summed E-state index contributed by atoms with van der Waals surface area (Å²) in [6, 6.07) is 13.5. The van der Waals surface area contributed by atoms with Gasteiger partial charge in [-0.2, -0.15) is 0 Å². The molecule has 1 aromatic heterocycles. The summed E-state index contributed by atoms with van der Waals surface area (Å²) < 4.78 is 0. The van der Waals surface area contributed by atoms with Gasteiger partial charge < -0.3 is 0 Å². The third kappa shape index (κ3) is 8.57. The second-order valence-corrected chi connectivity index (χ2v) is 9.95. The average molecular weight is 432 g/mol. The van der Waals surface area contributed by atoms with Crippen LogP contribution in [-0.2, 0) is 12.8 Å². The minimum absolute atomic E-state index is 0.829. The van der Waals surface area contributed by atoms with Crippen molar-refractivity contribution in [3.8, 4) is 11.3 Å². The second-order valence-electron chi connectivity index (χ2n) is 9.95. The number of aromatic nitrogens is 1. The van der Waals surface area contributed by atoms with Crippen molar-refractivity contribution < 1.29 is 0 Å². The Bertz CT molecular complexity index is 763. The first-order valence-corrected chi connectivity index (χ1v) is 13.5. The average Bonchev–Trinajstić information content (AvgIpc) is 2.84. The van der Waals surface area contributed by atoms with Crippen molar-refractivity contribution in [3.63, 3.8) is 0 Å². The lowest BCUT2D eigenvalue weighted by Crippen LogP contribution is -2.13. The molecule has 1 aromatic carbocycles. The van der Waals surface area contributed by atoms with Crippen molar-refractivity contribution >= 4 is 0 Å². The predicted molar refractivity (Wildman–Crippen MR) is 140 cm³/mol. The van der Waals surface area contributed by atoms with Gasteiger partial charge in [-0.25, -0.2) is 0 Å². The molecule has 1 saturated carbocycles. The molecule has 32 heavy (non-hydrogen) atoms. The SMILES string of the molecule is CCCCCc1ccc(-c2ccc(CCC=CC3CCC(CCCCC)CC3)cc2)nc1. The van der Waals surface area contributed by atoms with Gasteiger partial charge in [0.15, 0.2) is 0 Å². The van der Waals surface area contributed by atoms with Crippen LogP contribution in [-0.4, -0.2) is 4.98 Å². The quantitative estimate of drug-likeness (QED) is 0.227. The lowest BCUT2D eigenvalue weighted by Gasteiger charge is -2.26. The zero-order valence-electron chi connectivity index (χ0n) is 20.7. The van der Waals surface area contributed by atoms with Crippen molar-refractivity contribution in [2.24, 2.45) is 11.8 Å². The third-order valence-electron chi connectivity index (χ3n) is 7.26. The molecule has 1 aliphatic rings. The summed E-state index contributed by atoms with van der Waals surface area (Å²) in [4.78, 5) is 4.70. The van der Waals surface area contributed by atoms with Crippen LogP contribution in [0.4, 0.5) is 0 Å². The maximum Gasteiger partial charge on any atom is 0.0702 e. The van der Waals surface area contributed by atoms with Crippen LogP contribution in [0.15, 0.2) is 54.7 Å². The van der Waals surface area contributed by atoms with E-state index in [0.717, 1.165) is 36.8 Å². The number of rotatable bonds is 13. The molecule has 3 rings (SSSR count). The molecule has 2 aromatic rings. The molecule has 1 nitrogen and oxygen atoms in total. The summed E-state index contributed by atoms with van der Waals surface area (Å²) in [7, 11) is 0. The van der Waals surface area contributed by atoms with Crippen LogP contribution in [0.2, 0.25) is 0 Å². The van der Waals surface area contributed by atoms with E-state index in [2.05, 4.69) is 68.6 Å². The summed E-state index contributed by atoms with van der Waals surface area (Å²) >= 11 is 0. The van der Waals surface area contributed by atoms with Gasteiger partial charge in [-0.3, -0.25) is 4.98 Å². The standard InChI is InChI=1S/C31H45N/c1-3-5-7-11-26-15-17-27(18-16-26)12-9-10-13-28-19-22-30(23-20-28)31-24-21-29(25-32-31)14-8-6-4-2/h9,12,19-27H,3-8,10-11,13-18H2,1-2H3. The van der Waals surface area contributed by atoms with Crippen LogP contribution in [0.1, 0.15) is 102 Å². The van der Waals surface area contributed by atoms with Gasteiger partial charge in [0.1, 0.15) is 0 Å². The van der Waals surface area contributed by atoms with E-state index >= 15 is 0 Å². The predicted octanol–water partition coefficient (Wildman–Crippen LogP) is 9.36. The van der Waals surface area contributed by atoms with Crippen molar-refractivity contribution in [1.29, 1.82) is 0 Å². The fourth-order valence-electron chi connectivity index (χ4n) is 5.06. The number of allylic oxidation sites excluding steroid dienone is 2. The first kappa shape index (κ1) is 24.7. The zero-order chi connectivity index (χ0) is 22.4. The molecule has 0 saturated heterocycles. The van der Waals surface area contributed by atoms with Gasteiger partial charge in [-0.05, 0) is 80.4 Å². The van der Waals surface area contributed by atoms with Crippen LogP contribution < -0.4 is 0 Å². The Hall–Kier alpha value is -1.89. The maximum absolute atomic E-state index is 4.70. The summed E-state index contributed by atoms with van der Waals surface area (Å²) in [5.41, 5.74) is 5.09. The van der Waals surface area contributed by atoms with Crippen molar-refractivity contribution in [3.05, 3.63) is 65.9 Å². The Balaban J connectivity index is 1.37. The summed E-state index contributed by atoms with van der Waals surface area (Å²) in [5.74, 6) is 1.84. The topological polar surface area (TPSA) is 12.9 Å². The maximum atomic E-state index is 4.70. The van der Waals surface area contributed by atoms with Crippen LogP contribution in [0.5, 0.6) is 0 Å². The number of benzene rings is 1. The molecule has 0 atom stereocenters. The van der Waals surface area contributed by atoms with Crippen LogP contribution >= 0.6 is 0 Å². The minimum atomic E-state index is 0.829. The first-order valence-electron chi connectivity index (χ1n) is 13.5. The van der Waals surface area contributed by atoms with Crippen molar-refractivity contribution in [2.75, 3.05) is 0 Å². The third-order valence-corrected chi connectivity index (χ3v) is 7.26. The molecular weight excluding hydrogens is 386 g/mol. The minimum Gasteiger partial charge on any atom is -0.256 e. The van der Waals surface area contributed by atoms with Crippen LogP contribution in [0.3, 0.4) is 0 Å². The molecule has 0 aliphatic heterocycles. The summed E-state index contributed by atoms with van der Waals surface area (Å²) in [5, 5.41) is 0. The van der Waals surface area contributed by atoms with Crippen LogP contribution in [0.25, 0.3) is 11.3 Å². The van der Waals surface area contributed by atoms with Crippen LogP contribution in [0, 0.1) is 11.8 Å². The van der Waals surface area contributed by atoms with Gasteiger partial charge in [-0.15, -0.1) is 0 Å². The van der Waals surface area contributed by atoms with E-state index in [9.17, 15) is 0 Å². The highest BCUT2D eigenvalue weighted by Crippen LogP contribution is 2.32. The van der Waals surface area contributed by atoms with E-state index < -0.39 is 0 Å². The number of aryl methyl sites for hydroxylation is 2. The van der Waals surface area contributed by atoms with E-state index in [1.54, 1.807) is 0 Å². The van der Waals surface area contributed by atoms with Gasteiger partial charge in [0.25, 0.3) is 0 Å². The lowest BCUT2D eigenvalue weighted by molar-refractivity contribution is 0.289. The number of pyridine rings is 1. The highest BCUT2D eigenvalue weighted by Gasteiger charge is 2.18.